The molecule has 108 valence electrons. The number of halogens is 1. The SMILES string of the molecule is CC(NC(=O)C1(/C(N)=N/O)CCC1)c1ccc(Br)cc1. The third-order valence-electron chi connectivity index (χ3n) is 3.96. The Kier molecular flexibility index (Phi) is 4.32. The lowest BCUT2D eigenvalue weighted by atomic mass is 9.67. The average molecular weight is 340 g/mol. The number of carbonyl (C=O) groups excluding carboxylic acids is 1. The molecule has 6 heteroatoms. The Labute approximate surface area is 126 Å². The second-order valence-corrected chi connectivity index (χ2v) is 6.08. The molecule has 1 fully saturated rings. The molecule has 1 saturated carbocycles. The summed E-state index contributed by atoms with van der Waals surface area (Å²) in [7, 11) is 0. The summed E-state index contributed by atoms with van der Waals surface area (Å²) < 4.78 is 0.992. The molecule has 0 saturated heterocycles. The lowest BCUT2D eigenvalue weighted by Crippen LogP contribution is -2.54. The van der Waals surface area contributed by atoms with E-state index in [9.17, 15) is 4.79 Å². The molecule has 1 aromatic rings. The summed E-state index contributed by atoms with van der Waals surface area (Å²) in [6.45, 7) is 1.92. The van der Waals surface area contributed by atoms with Gasteiger partial charge in [0.2, 0.25) is 5.91 Å². The molecule has 0 aromatic heterocycles. The molecular formula is C14H18BrN3O2. The monoisotopic (exact) mass is 339 g/mol. The number of oxime groups is 1. The van der Waals surface area contributed by atoms with Gasteiger partial charge in [-0.3, -0.25) is 4.79 Å². The number of hydrogen-bond donors (Lipinski definition) is 3. The van der Waals surface area contributed by atoms with Crippen LogP contribution in [0.15, 0.2) is 33.9 Å². The molecule has 5 nitrogen and oxygen atoms in total. The topological polar surface area (TPSA) is 87.7 Å². The lowest BCUT2D eigenvalue weighted by molar-refractivity contribution is -0.131. The summed E-state index contributed by atoms with van der Waals surface area (Å²) in [5, 5.41) is 14.8. The van der Waals surface area contributed by atoms with Gasteiger partial charge >= 0.3 is 0 Å². The number of hydrogen-bond acceptors (Lipinski definition) is 3. The molecule has 0 radical (unpaired) electrons. The third kappa shape index (κ3) is 2.65. The van der Waals surface area contributed by atoms with Crippen molar-refractivity contribution in [3.8, 4) is 0 Å². The van der Waals surface area contributed by atoms with Gasteiger partial charge in [0.15, 0.2) is 5.84 Å². The minimum Gasteiger partial charge on any atom is -0.409 e. The van der Waals surface area contributed by atoms with Crippen molar-refractivity contribution in [2.75, 3.05) is 0 Å². The molecule has 0 aliphatic heterocycles. The standard InChI is InChI=1S/C14H18BrN3O2/c1-9(10-3-5-11(15)6-4-10)17-13(19)14(7-2-8-14)12(16)18-20/h3-6,9,20H,2,7-8H2,1H3,(H2,16,18)(H,17,19). The van der Waals surface area contributed by atoms with Gasteiger partial charge in [0.05, 0.1) is 6.04 Å². The number of nitrogens with two attached hydrogens (primary N) is 1. The fourth-order valence-corrected chi connectivity index (χ4v) is 2.66. The maximum atomic E-state index is 12.4. The highest BCUT2D eigenvalue weighted by atomic mass is 79.9. The zero-order chi connectivity index (χ0) is 14.8. The highest BCUT2D eigenvalue weighted by Crippen LogP contribution is 2.41. The molecule has 0 heterocycles. The van der Waals surface area contributed by atoms with Crippen LogP contribution in [0.4, 0.5) is 0 Å². The molecular weight excluding hydrogens is 322 g/mol. The Bertz CT molecular complexity index is 524. The highest BCUT2D eigenvalue weighted by molar-refractivity contribution is 9.10. The van der Waals surface area contributed by atoms with Crippen LogP contribution in [-0.2, 0) is 4.79 Å². The van der Waals surface area contributed by atoms with Crippen molar-refractivity contribution in [1.29, 1.82) is 0 Å². The maximum absolute atomic E-state index is 12.4. The van der Waals surface area contributed by atoms with Gasteiger partial charge in [-0.05, 0) is 37.5 Å². The number of amides is 1. The molecule has 1 amide bonds. The summed E-state index contributed by atoms with van der Waals surface area (Å²) in [5.41, 5.74) is 5.86. The van der Waals surface area contributed by atoms with Crippen molar-refractivity contribution in [3.05, 3.63) is 34.3 Å². The molecule has 1 aliphatic rings. The first-order valence-corrected chi connectivity index (χ1v) is 7.33. The van der Waals surface area contributed by atoms with E-state index in [0.717, 1.165) is 16.5 Å². The van der Waals surface area contributed by atoms with Crippen LogP contribution in [0.1, 0.15) is 37.8 Å². The van der Waals surface area contributed by atoms with Gasteiger partial charge in [-0.25, -0.2) is 0 Å². The molecule has 4 N–H and O–H groups in total. The molecule has 1 atom stereocenters. The lowest BCUT2D eigenvalue weighted by Gasteiger charge is -2.39. The van der Waals surface area contributed by atoms with E-state index in [2.05, 4.69) is 26.4 Å². The zero-order valence-electron chi connectivity index (χ0n) is 11.3. The summed E-state index contributed by atoms with van der Waals surface area (Å²) in [6, 6.07) is 7.64. The number of nitrogens with one attached hydrogen (secondary N) is 1. The molecule has 0 spiro atoms. The first kappa shape index (κ1) is 14.8. The van der Waals surface area contributed by atoms with E-state index in [0.29, 0.717) is 12.8 Å². The van der Waals surface area contributed by atoms with Crippen molar-refractivity contribution in [2.24, 2.45) is 16.3 Å². The number of amidine groups is 1. The second-order valence-electron chi connectivity index (χ2n) is 5.17. The fourth-order valence-electron chi connectivity index (χ4n) is 2.40. The first-order valence-electron chi connectivity index (χ1n) is 6.54. The summed E-state index contributed by atoms with van der Waals surface area (Å²) in [4.78, 5) is 12.4. The average Bonchev–Trinajstić information content (AvgIpc) is 2.37. The van der Waals surface area contributed by atoms with Gasteiger partial charge < -0.3 is 16.3 Å². The normalized spacial score (nSPS) is 19.0. The van der Waals surface area contributed by atoms with Gasteiger partial charge in [0, 0.05) is 4.47 Å². The third-order valence-corrected chi connectivity index (χ3v) is 4.49. The van der Waals surface area contributed by atoms with E-state index in [1.165, 1.54) is 0 Å². The van der Waals surface area contributed by atoms with E-state index in [1.54, 1.807) is 0 Å². The molecule has 2 rings (SSSR count). The summed E-state index contributed by atoms with van der Waals surface area (Å²) in [5.74, 6) is -0.168. The largest absolute Gasteiger partial charge is 0.409 e. The van der Waals surface area contributed by atoms with Gasteiger partial charge in [0.25, 0.3) is 0 Å². The van der Waals surface area contributed by atoms with Gasteiger partial charge in [-0.15, -0.1) is 0 Å². The van der Waals surface area contributed by atoms with Crippen molar-refractivity contribution < 1.29 is 10.0 Å². The smallest absolute Gasteiger partial charge is 0.234 e. The molecule has 0 bridgehead atoms. The van der Waals surface area contributed by atoms with Crippen LogP contribution in [0.2, 0.25) is 0 Å². The van der Waals surface area contributed by atoms with Gasteiger partial charge in [0.1, 0.15) is 5.41 Å². The number of rotatable bonds is 4. The van der Waals surface area contributed by atoms with E-state index in [1.807, 2.05) is 31.2 Å². The number of benzene rings is 1. The number of carbonyl (C=O) groups is 1. The molecule has 20 heavy (non-hydrogen) atoms. The Balaban J connectivity index is 2.09. The molecule has 1 unspecified atom stereocenters. The zero-order valence-corrected chi connectivity index (χ0v) is 12.9. The Morgan fingerprint density at radius 2 is 2.05 bits per heavy atom. The minimum absolute atomic E-state index is 0.00394. The highest BCUT2D eigenvalue weighted by Gasteiger charge is 2.48. The van der Waals surface area contributed by atoms with Gasteiger partial charge in [-0.1, -0.05) is 39.6 Å². The Hall–Kier alpha value is -1.56. The first-order chi connectivity index (χ1) is 9.49. The summed E-state index contributed by atoms with van der Waals surface area (Å²) in [6.07, 6.45) is 2.17. The van der Waals surface area contributed by atoms with Crippen LogP contribution in [0.25, 0.3) is 0 Å². The van der Waals surface area contributed by atoms with Crippen LogP contribution in [-0.4, -0.2) is 17.0 Å². The number of nitrogens with zero attached hydrogens (tertiary/aromatic N) is 1. The van der Waals surface area contributed by atoms with Crippen molar-refractivity contribution in [3.63, 3.8) is 0 Å². The van der Waals surface area contributed by atoms with Crippen LogP contribution >= 0.6 is 15.9 Å². The predicted octanol–water partition coefficient (Wildman–Crippen LogP) is 2.54. The van der Waals surface area contributed by atoms with Crippen LogP contribution in [0, 0.1) is 5.41 Å². The van der Waals surface area contributed by atoms with E-state index >= 15 is 0 Å². The fraction of sp³-hybridized carbons (Fsp3) is 0.429. The van der Waals surface area contributed by atoms with E-state index in [4.69, 9.17) is 10.9 Å². The second kappa shape index (κ2) is 5.83. The van der Waals surface area contributed by atoms with Crippen LogP contribution < -0.4 is 11.1 Å². The quantitative estimate of drug-likeness (QED) is 0.341. The summed E-state index contributed by atoms with van der Waals surface area (Å²) >= 11 is 3.38. The molecule has 1 aromatic carbocycles. The van der Waals surface area contributed by atoms with Crippen molar-refractivity contribution >= 4 is 27.7 Å². The van der Waals surface area contributed by atoms with Crippen LogP contribution in [0.5, 0.6) is 0 Å². The van der Waals surface area contributed by atoms with E-state index < -0.39 is 5.41 Å². The van der Waals surface area contributed by atoms with Crippen molar-refractivity contribution in [2.45, 2.75) is 32.2 Å². The Morgan fingerprint density at radius 1 is 1.45 bits per heavy atom. The van der Waals surface area contributed by atoms with E-state index in [-0.39, 0.29) is 17.8 Å². The van der Waals surface area contributed by atoms with Crippen molar-refractivity contribution in [1.82, 2.24) is 5.32 Å². The van der Waals surface area contributed by atoms with Gasteiger partial charge in [-0.2, -0.15) is 0 Å². The predicted molar refractivity (Wildman–Crippen MR) is 80.4 cm³/mol. The Morgan fingerprint density at radius 3 is 2.50 bits per heavy atom. The molecule has 1 aliphatic carbocycles. The maximum Gasteiger partial charge on any atom is 0.234 e. The minimum atomic E-state index is -0.835. The van der Waals surface area contributed by atoms with Crippen LogP contribution in [0.3, 0.4) is 0 Å².